The highest BCUT2D eigenvalue weighted by atomic mass is 127. The van der Waals surface area contributed by atoms with Crippen molar-refractivity contribution in [2.45, 2.75) is 13.8 Å². The number of halogens is 1. The molecule has 0 fully saturated rings. The van der Waals surface area contributed by atoms with Crippen molar-refractivity contribution in [3.8, 4) is 11.8 Å². The van der Waals surface area contributed by atoms with Gasteiger partial charge in [-0.05, 0) is 77.4 Å². The molecule has 0 saturated carbocycles. The van der Waals surface area contributed by atoms with E-state index in [-0.39, 0.29) is 11.3 Å². The Balaban J connectivity index is 2.28. The maximum absolute atomic E-state index is 12.3. The van der Waals surface area contributed by atoms with E-state index in [9.17, 15) is 15.2 Å². The zero-order valence-corrected chi connectivity index (χ0v) is 14.9. The lowest BCUT2D eigenvalue weighted by atomic mass is 10.1. The second kappa shape index (κ2) is 7.29. The first kappa shape index (κ1) is 17.0. The van der Waals surface area contributed by atoms with E-state index in [2.05, 4.69) is 5.32 Å². The Hall–Kier alpha value is -2.33. The van der Waals surface area contributed by atoms with Gasteiger partial charge >= 0.3 is 0 Å². The largest absolute Gasteiger partial charge is 0.507 e. The Morgan fingerprint density at radius 1 is 1.30 bits per heavy atom. The van der Waals surface area contributed by atoms with Gasteiger partial charge in [0.15, 0.2) is 0 Å². The van der Waals surface area contributed by atoms with Crippen LogP contribution in [0.5, 0.6) is 5.75 Å². The second-order valence-electron chi connectivity index (χ2n) is 5.08. The van der Waals surface area contributed by atoms with Crippen LogP contribution >= 0.6 is 22.6 Å². The van der Waals surface area contributed by atoms with Gasteiger partial charge in [0.05, 0.1) is 3.57 Å². The first-order valence-electron chi connectivity index (χ1n) is 6.90. The van der Waals surface area contributed by atoms with E-state index in [4.69, 9.17) is 0 Å². The molecule has 116 valence electrons. The molecule has 0 atom stereocenters. The number of amides is 1. The average molecular weight is 418 g/mol. The van der Waals surface area contributed by atoms with Crippen molar-refractivity contribution < 1.29 is 9.90 Å². The molecule has 0 radical (unpaired) electrons. The molecular formula is C18H15IN2O2. The van der Waals surface area contributed by atoms with Crippen LogP contribution in [-0.4, -0.2) is 11.0 Å². The van der Waals surface area contributed by atoms with E-state index in [1.165, 1.54) is 12.1 Å². The minimum Gasteiger partial charge on any atom is -0.507 e. The van der Waals surface area contributed by atoms with Gasteiger partial charge in [-0.25, -0.2) is 0 Å². The molecule has 5 heteroatoms. The van der Waals surface area contributed by atoms with Gasteiger partial charge in [-0.2, -0.15) is 5.26 Å². The van der Waals surface area contributed by atoms with Gasteiger partial charge in [0, 0.05) is 5.69 Å². The molecule has 2 rings (SSSR count). The Kier molecular flexibility index (Phi) is 5.40. The van der Waals surface area contributed by atoms with Crippen LogP contribution < -0.4 is 5.32 Å². The van der Waals surface area contributed by atoms with Gasteiger partial charge < -0.3 is 10.4 Å². The van der Waals surface area contributed by atoms with Crippen LogP contribution in [0.25, 0.3) is 6.08 Å². The average Bonchev–Trinajstić information content (AvgIpc) is 2.52. The van der Waals surface area contributed by atoms with Crippen molar-refractivity contribution >= 4 is 40.3 Å². The van der Waals surface area contributed by atoms with Crippen molar-refractivity contribution in [3.05, 3.63) is 62.2 Å². The number of hydrogen-bond acceptors (Lipinski definition) is 3. The lowest BCUT2D eigenvalue weighted by molar-refractivity contribution is -0.112. The number of nitrogens with one attached hydrogen (secondary N) is 1. The third-order valence-corrected chi connectivity index (χ3v) is 4.36. The fourth-order valence-corrected chi connectivity index (χ4v) is 2.54. The molecule has 0 aliphatic heterocycles. The Morgan fingerprint density at radius 2 is 2.04 bits per heavy atom. The Morgan fingerprint density at radius 3 is 2.70 bits per heavy atom. The van der Waals surface area contributed by atoms with Gasteiger partial charge in [0.2, 0.25) is 0 Å². The molecule has 0 aromatic heterocycles. The number of aromatic hydroxyl groups is 1. The summed E-state index contributed by atoms with van der Waals surface area (Å²) in [5, 5.41) is 21.5. The van der Waals surface area contributed by atoms with Crippen molar-refractivity contribution in [2.24, 2.45) is 0 Å². The molecule has 2 N–H and O–H groups in total. The number of hydrogen-bond donors (Lipinski definition) is 2. The quantitative estimate of drug-likeness (QED) is 0.447. The van der Waals surface area contributed by atoms with Crippen molar-refractivity contribution in [1.82, 2.24) is 0 Å². The zero-order chi connectivity index (χ0) is 17.0. The molecule has 2 aromatic rings. The lowest BCUT2D eigenvalue weighted by Gasteiger charge is -2.09. The predicted octanol–water partition coefficient (Wildman–Crippen LogP) is 4.16. The number of nitrogens with zero attached hydrogens (tertiary/aromatic N) is 1. The van der Waals surface area contributed by atoms with Gasteiger partial charge in [-0.15, -0.1) is 0 Å². The minimum atomic E-state index is -0.454. The monoisotopic (exact) mass is 418 g/mol. The number of benzene rings is 2. The van der Waals surface area contributed by atoms with Crippen LogP contribution in [0, 0.1) is 28.7 Å². The lowest BCUT2D eigenvalue weighted by Crippen LogP contribution is -2.14. The highest BCUT2D eigenvalue weighted by molar-refractivity contribution is 14.1. The number of phenols is 1. The molecule has 2 aromatic carbocycles. The summed E-state index contributed by atoms with van der Waals surface area (Å²) in [6.45, 7) is 3.88. The van der Waals surface area contributed by atoms with Gasteiger partial charge in [-0.1, -0.05) is 18.2 Å². The number of nitriles is 1. The topological polar surface area (TPSA) is 73.1 Å². The number of rotatable bonds is 3. The molecule has 1 amide bonds. The molecule has 0 aliphatic rings. The number of carbonyl (C=O) groups is 1. The molecule has 0 aliphatic carbocycles. The van der Waals surface area contributed by atoms with Crippen LogP contribution in [-0.2, 0) is 4.79 Å². The Bertz CT molecular complexity index is 835. The second-order valence-corrected chi connectivity index (χ2v) is 6.24. The molecule has 0 bridgehead atoms. The third-order valence-electron chi connectivity index (χ3n) is 3.50. The van der Waals surface area contributed by atoms with Gasteiger partial charge in [0.25, 0.3) is 5.91 Å². The molecule has 0 spiro atoms. The molecule has 4 nitrogen and oxygen atoms in total. The SMILES string of the molecule is Cc1cccc(NC(=O)C(C#N)=Cc2ccc(O)c(I)c2)c1C. The van der Waals surface area contributed by atoms with Crippen LogP contribution in [0.3, 0.4) is 0 Å². The fraction of sp³-hybridized carbons (Fsp3) is 0.111. The molecule has 0 saturated heterocycles. The van der Waals surface area contributed by atoms with Crippen LogP contribution in [0.15, 0.2) is 42.0 Å². The van der Waals surface area contributed by atoms with E-state index >= 15 is 0 Å². The summed E-state index contributed by atoms with van der Waals surface area (Å²) in [6, 6.07) is 12.4. The standard InChI is InChI=1S/C18H15IN2O2/c1-11-4-3-5-16(12(11)2)21-18(23)14(10-20)8-13-6-7-17(22)15(19)9-13/h3-9,22H,1-2H3,(H,21,23). The third kappa shape index (κ3) is 4.11. The zero-order valence-electron chi connectivity index (χ0n) is 12.7. The normalized spacial score (nSPS) is 11.0. The first-order valence-corrected chi connectivity index (χ1v) is 7.98. The summed E-state index contributed by atoms with van der Waals surface area (Å²) in [5.74, 6) is -0.287. The van der Waals surface area contributed by atoms with Gasteiger partial charge in [0.1, 0.15) is 17.4 Å². The summed E-state index contributed by atoms with van der Waals surface area (Å²) in [4.78, 5) is 12.3. The van der Waals surface area contributed by atoms with E-state index in [1.54, 1.807) is 18.2 Å². The Labute approximate surface area is 148 Å². The van der Waals surface area contributed by atoms with Crippen molar-refractivity contribution in [2.75, 3.05) is 5.32 Å². The molecule has 23 heavy (non-hydrogen) atoms. The van der Waals surface area contributed by atoms with Crippen LogP contribution in [0.1, 0.15) is 16.7 Å². The number of phenolic OH excluding ortho intramolecular Hbond substituents is 1. The summed E-state index contributed by atoms with van der Waals surface area (Å²) in [6.07, 6.45) is 1.50. The number of aryl methyl sites for hydroxylation is 1. The fourth-order valence-electron chi connectivity index (χ4n) is 2.00. The van der Waals surface area contributed by atoms with Crippen molar-refractivity contribution in [1.29, 1.82) is 5.26 Å². The van der Waals surface area contributed by atoms with E-state index < -0.39 is 5.91 Å². The molecule has 0 unspecified atom stereocenters. The summed E-state index contributed by atoms with van der Waals surface area (Å²) >= 11 is 1.99. The number of carbonyl (C=O) groups excluding carboxylic acids is 1. The highest BCUT2D eigenvalue weighted by Gasteiger charge is 2.11. The summed E-state index contributed by atoms with van der Waals surface area (Å²) in [5.41, 5.74) is 3.42. The number of anilines is 1. The maximum Gasteiger partial charge on any atom is 0.266 e. The molecular weight excluding hydrogens is 403 g/mol. The smallest absolute Gasteiger partial charge is 0.266 e. The van der Waals surface area contributed by atoms with E-state index in [1.807, 2.05) is 54.6 Å². The van der Waals surface area contributed by atoms with Crippen LogP contribution in [0.4, 0.5) is 5.69 Å². The van der Waals surface area contributed by atoms with E-state index in [0.29, 0.717) is 14.8 Å². The molecule has 0 heterocycles. The first-order chi connectivity index (χ1) is 10.9. The summed E-state index contributed by atoms with van der Waals surface area (Å²) in [7, 11) is 0. The van der Waals surface area contributed by atoms with Gasteiger partial charge in [-0.3, -0.25) is 4.79 Å². The minimum absolute atomic E-state index is 0.00685. The highest BCUT2D eigenvalue weighted by Crippen LogP contribution is 2.22. The van der Waals surface area contributed by atoms with E-state index in [0.717, 1.165) is 11.1 Å². The summed E-state index contributed by atoms with van der Waals surface area (Å²) < 4.78 is 0.656. The van der Waals surface area contributed by atoms with Crippen molar-refractivity contribution in [3.63, 3.8) is 0 Å². The maximum atomic E-state index is 12.3. The van der Waals surface area contributed by atoms with Crippen LogP contribution in [0.2, 0.25) is 0 Å². The predicted molar refractivity (Wildman–Crippen MR) is 99.0 cm³/mol.